The van der Waals surface area contributed by atoms with E-state index < -0.39 is 26.0 Å². The van der Waals surface area contributed by atoms with Crippen molar-refractivity contribution in [2.24, 2.45) is 0 Å². The number of sulfonamides is 2. The standard InChI is InChI=1S/C21H20Cl2N4O5S4/c1-13-20(36(31,32)27-8-10-33-11-9-27)34-21(24-13)25-19(28)17-12-15(23)4-7-18(17)26-35(29,30)16-5-2-14(22)3-6-16/h2-7,12,26H,8-11H2,1H3,(H,24,25,28). The third kappa shape index (κ3) is 5.98. The van der Waals surface area contributed by atoms with Gasteiger partial charge in [0, 0.05) is 34.6 Å². The molecule has 1 amide bonds. The van der Waals surface area contributed by atoms with E-state index in [1.54, 1.807) is 18.7 Å². The topological polar surface area (TPSA) is 126 Å². The Labute approximate surface area is 227 Å². The molecule has 2 heterocycles. The predicted octanol–water partition coefficient (Wildman–Crippen LogP) is 4.55. The number of thioether (sulfide) groups is 1. The van der Waals surface area contributed by atoms with Crippen LogP contribution in [0.5, 0.6) is 0 Å². The molecule has 0 spiro atoms. The molecule has 0 atom stereocenters. The van der Waals surface area contributed by atoms with Crippen molar-refractivity contribution < 1.29 is 21.6 Å². The summed E-state index contributed by atoms with van der Waals surface area (Å²) in [4.78, 5) is 17.3. The molecule has 15 heteroatoms. The van der Waals surface area contributed by atoms with Gasteiger partial charge in [-0.05, 0) is 49.4 Å². The summed E-state index contributed by atoms with van der Waals surface area (Å²) in [5, 5.41) is 3.21. The van der Waals surface area contributed by atoms with E-state index >= 15 is 0 Å². The molecule has 1 aliphatic rings. The quantitative estimate of drug-likeness (QED) is 0.404. The van der Waals surface area contributed by atoms with Crippen LogP contribution in [0.15, 0.2) is 51.6 Å². The number of aromatic nitrogens is 1. The number of carbonyl (C=O) groups excluding carboxylic acids is 1. The zero-order valence-corrected chi connectivity index (χ0v) is 23.5. The van der Waals surface area contributed by atoms with E-state index in [1.165, 1.54) is 46.8 Å². The number of nitrogens with one attached hydrogen (secondary N) is 2. The summed E-state index contributed by atoms with van der Waals surface area (Å²) in [6, 6.07) is 9.65. The van der Waals surface area contributed by atoms with Gasteiger partial charge in [0.15, 0.2) is 9.34 Å². The van der Waals surface area contributed by atoms with E-state index in [4.69, 9.17) is 23.2 Å². The molecular formula is C21H20Cl2N4O5S4. The lowest BCUT2D eigenvalue weighted by Crippen LogP contribution is -2.37. The van der Waals surface area contributed by atoms with Crippen LogP contribution in [0.4, 0.5) is 10.8 Å². The lowest BCUT2D eigenvalue weighted by atomic mass is 10.1. The molecular weight excluding hydrogens is 587 g/mol. The first-order chi connectivity index (χ1) is 17.0. The Morgan fingerprint density at radius 2 is 1.64 bits per heavy atom. The molecule has 0 aliphatic carbocycles. The van der Waals surface area contributed by atoms with Crippen molar-refractivity contribution in [3.05, 3.63) is 63.8 Å². The highest BCUT2D eigenvalue weighted by Crippen LogP contribution is 2.32. The molecule has 9 nitrogen and oxygen atoms in total. The Hall–Kier alpha value is -1.87. The third-order valence-corrected chi connectivity index (χ3v) is 11.5. The summed E-state index contributed by atoms with van der Waals surface area (Å²) >= 11 is 14.4. The number of anilines is 2. The van der Waals surface area contributed by atoms with Gasteiger partial charge in [0.1, 0.15) is 0 Å². The first kappa shape index (κ1) is 27.2. The van der Waals surface area contributed by atoms with Crippen molar-refractivity contribution in [3.8, 4) is 0 Å². The van der Waals surface area contributed by atoms with Gasteiger partial charge in [0.25, 0.3) is 26.0 Å². The maximum Gasteiger partial charge on any atom is 0.261 e. The molecule has 1 fully saturated rings. The summed E-state index contributed by atoms with van der Waals surface area (Å²) in [5.74, 6) is 0.715. The minimum absolute atomic E-state index is 0.0150. The van der Waals surface area contributed by atoms with Crippen LogP contribution in [0.1, 0.15) is 16.1 Å². The molecule has 2 N–H and O–H groups in total. The van der Waals surface area contributed by atoms with E-state index in [2.05, 4.69) is 15.0 Å². The van der Waals surface area contributed by atoms with Crippen LogP contribution in [-0.4, -0.2) is 56.6 Å². The van der Waals surface area contributed by atoms with Gasteiger partial charge < -0.3 is 0 Å². The Bertz CT molecular complexity index is 1500. The molecule has 4 rings (SSSR count). The van der Waals surface area contributed by atoms with Crippen molar-refractivity contribution in [1.29, 1.82) is 0 Å². The predicted molar refractivity (Wildman–Crippen MR) is 145 cm³/mol. The summed E-state index contributed by atoms with van der Waals surface area (Å²) in [6.07, 6.45) is 0. The maximum absolute atomic E-state index is 13.1. The fraction of sp³-hybridized carbons (Fsp3) is 0.238. The van der Waals surface area contributed by atoms with Crippen LogP contribution in [0, 0.1) is 6.92 Å². The molecule has 3 aromatic rings. The number of hydrogen-bond donors (Lipinski definition) is 2. The van der Waals surface area contributed by atoms with E-state index in [0.29, 0.717) is 29.6 Å². The second kappa shape index (κ2) is 10.9. The summed E-state index contributed by atoms with van der Waals surface area (Å²) in [5.41, 5.74) is 0.187. The van der Waals surface area contributed by atoms with Crippen molar-refractivity contribution in [3.63, 3.8) is 0 Å². The molecule has 1 aromatic heterocycles. The average Bonchev–Trinajstić information content (AvgIpc) is 3.21. The highest BCUT2D eigenvalue weighted by atomic mass is 35.5. The fourth-order valence-electron chi connectivity index (χ4n) is 3.35. The number of carbonyl (C=O) groups is 1. The molecule has 1 saturated heterocycles. The second-order valence-corrected chi connectivity index (χ2v) is 14.5. The number of amides is 1. The highest BCUT2D eigenvalue weighted by Gasteiger charge is 2.31. The SMILES string of the molecule is Cc1nc(NC(=O)c2cc(Cl)ccc2NS(=O)(=O)c2ccc(Cl)cc2)sc1S(=O)(=O)N1CCSCC1. The van der Waals surface area contributed by atoms with Crippen molar-refractivity contribution >= 4 is 83.1 Å². The average molecular weight is 608 g/mol. The molecule has 36 heavy (non-hydrogen) atoms. The van der Waals surface area contributed by atoms with Gasteiger partial charge in [-0.3, -0.25) is 14.8 Å². The summed E-state index contributed by atoms with van der Waals surface area (Å²) in [6.45, 7) is 2.38. The first-order valence-electron chi connectivity index (χ1n) is 10.4. The van der Waals surface area contributed by atoms with Crippen molar-refractivity contribution in [2.45, 2.75) is 16.0 Å². The number of rotatable bonds is 7. The molecule has 0 radical (unpaired) electrons. The van der Waals surface area contributed by atoms with Gasteiger partial charge in [0.2, 0.25) is 0 Å². The minimum atomic E-state index is -4.04. The van der Waals surface area contributed by atoms with Gasteiger partial charge >= 0.3 is 0 Å². The van der Waals surface area contributed by atoms with Crippen LogP contribution >= 0.6 is 46.3 Å². The summed E-state index contributed by atoms with van der Waals surface area (Å²) < 4.78 is 55.7. The van der Waals surface area contributed by atoms with Crippen LogP contribution in [0.2, 0.25) is 10.0 Å². The van der Waals surface area contributed by atoms with E-state index in [1.807, 2.05) is 0 Å². The van der Waals surface area contributed by atoms with Gasteiger partial charge in [0.05, 0.1) is 21.8 Å². The Morgan fingerprint density at radius 1 is 1.00 bits per heavy atom. The highest BCUT2D eigenvalue weighted by molar-refractivity contribution is 7.99. The number of halogens is 2. The Balaban J connectivity index is 1.59. The number of aryl methyl sites for hydroxylation is 1. The number of benzene rings is 2. The maximum atomic E-state index is 13.1. The van der Waals surface area contributed by atoms with Crippen LogP contribution in [-0.2, 0) is 20.0 Å². The van der Waals surface area contributed by atoms with Crippen LogP contribution in [0.25, 0.3) is 0 Å². The van der Waals surface area contributed by atoms with Gasteiger partial charge in [-0.25, -0.2) is 21.8 Å². The smallest absolute Gasteiger partial charge is 0.261 e. The monoisotopic (exact) mass is 606 g/mol. The third-order valence-electron chi connectivity index (χ3n) is 5.11. The second-order valence-electron chi connectivity index (χ2n) is 7.61. The minimum Gasteiger partial charge on any atom is -0.298 e. The first-order valence-corrected chi connectivity index (χ1v) is 16.1. The molecule has 0 saturated carbocycles. The largest absolute Gasteiger partial charge is 0.298 e. The number of thiazole rings is 1. The Kier molecular flexibility index (Phi) is 8.19. The van der Waals surface area contributed by atoms with Crippen LogP contribution < -0.4 is 10.0 Å². The zero-order chi connectivity index (χ0) is 26.1. The zero-order valence-electron chi connectivity index (χ0n) is 18.7. The fourth-order valence-corrected chi connectivity index (χ4v) is 8.85. The molecule has 192 valence electrons. The van der Waals surface area contributed by atoms with Gasteiger partial charge in [-0.2, -0.15) is 16.1 Å². The Morgan fingerprint density at radius 3 is 2.31 bits per heavy atom. The molecule has 2 aromatic carbocycles. The lowest BCUT2D eigenvalue weighted by molar-refractivity contribution is 0.102. The molecule has 0 bridgehead atoms. The van der Waals surface area contributed by atoms with Gasteiger partial charge in [-0.15, -0.1) is 0 Å². The normalized spacial score (nSPS) is 15.0. The van der Waals surface area contributed by atoms with Crippen molar-refractivity contribution in [1.82, 2.24) is 9.29 Å². The summed E-state index contributed by atoms with van der Waals surface area (Å²) in [7, 11) is -7.78. The number of nitrogens with zero attached hydrogens (tertiary/aromatic N) is 2. The van der Waals surface area contributed by atoms with Gasteiger partial charge in [-0.1, -0.05) is 34.5 Å². The van der Waals surface area contributed by atoms with E-state index in [9.17, 15) is 21.6 Å². The molecule has 0 unspecified atom stereocenters. The van der Waals surface area contributed by atoms with Crippen LogP contribution in [0.3, 0.4) is 0 Å². The van der Waals surface area contributed by atoms with E-state index in [0.717, 1.165) is 11.3 Å². The lowest BCUT2D eigenvalue weighted by Gasteiger charge is -2.24. The van der Waals surface area contributed by atoms with Crippen molar-refractivity contribution in [2.75, 3.05) is 34.6 Å². The van der Waals surface area contributed by atoms with E-state index in [-0.39, 0.29) is 36.2 Å². The molecule has 1 aliphatic heterocycles. The number of hydrogen-bond acceptors (Lipinski definition) is 8.